The average Bonchev–Trinajstić information content (AvgIpc) is 2.73. The van der Waals surface area contributed by atoms with E-state index in [1.807, 2.05) is 0 Å². The van der Waals surface area contributed by atoms with Crippen LogP contribution in [0.4, 0.5) is 0 Å². The van der Waals surface area contributed by atoms with Crippen LogP contribution in [-0.4, -0.2) is 20.0 Å². The van der Waals surface area contributed by atoms with Gasteiger partial charge in [-0.3, -0.25) is 0 Å². The zero-order valence-electron chi connectivity index (χ0n) is 12.1. The topological polar surface area (TPSA) is 18.5 Å². The fourth-order valence-corrected chi connectivity index (χ4v) is 3.24. The molecule has 1 saturated carbocycles. The van der Waals surface area contributed by atoms with Crippen molar-refractivity contribution >= 4 is 0 Å². The standard InChI is InChI=1S/C15H30O2/c1-5-7-9-13-11-15(16-3,17-4)12-14(13)10-8-6-2/h13-14H,5-12H2,1-4H3. The molecule has 0 spiro atoms. The van der Waals surface area contributed by atoms with Gasteiger partial charge in [0.2, 0.25) is 0 Å². The van der Waals surface area contributed by atoms with E-state index in [-0.39, 0.29) is 5.79 Å². The van der Waals surface area contributed by atoms with Crippen LogP contribution in [0.5, 0.6) is 0 Å². The highest BCUT2D eigenvalue weighted by atomic mass is 16.7. The summed E-state index contributed by atoms with van der Waals surface area (Å²) in [6.45, 7) is 4.55. The number of rotatable bonds is 8. The summed E-state index contributed by atoms with van der Waals surface area (Å²) in [5.74, 6) is 1.33. The molecule has 0 aliphatic heterocycles. The molecule has 1 fully saturated rings. The van der Waals surface area contributed by atoms with Gasteiger partial charge in [-0.1, -0.05) is 39.5 Å². The number of hydrogen-bond acceptors (Lipinski definition) is 2. The maximum atomic E-state index is 5.65. The van der Waals surface area contributed by atoms with Gasteiger partial charge in [-0.2, -0.15) is 0 Å². The second-order valence-corrected chi connectivity index (χ2v) is 5.53. The van der Waals surface area contributed by atoms with Gasteiger partial charge in [-0.25, -0.2) is 0 Å². The molecule has 0 amide bonds. The third-order valence-corrected chi connectivity index (χ3v) is 4.41. The number of unbranched alkanes of at least 4 members (excludes halogenated alkanes) is 2. The molecule has 0 heterocycles. The Balaban J connectivity index is 2.57. The van der Waals surface area contributed by atoms with Gasteiger partial charge < -0.3 is 9.47 Å². The molecule has 102 valence electrons. The largest absolute Gasteiger partial charge is 0.353 e. The van der Waals surface area contributed by atoms with Crippen LogP contribution < -0.4 is 0 Å². The summed E-state index contributed by atoms with van der Waals surface area (Å²) in [5.41, 5.74) is 0. The highest BCUT2D eigenvalue weighted by Crippen LogP contribution is 2.46. The van der Waals surface area contributed by atoms with Gasteiger partial charge in [0.05, 0.1) is 0 Å². The Kier molecular flexibility index (Phi) is 6.50. The Labute approximate surface area is 107 Å². The highest BCUT2D eigenvalue weighted by Gasteiger charge is 2.45. The molecular weight excluding hydrogens is 212 g/mol. The van der Waals surface area contributed by atoms with Gasteiger partial charge in [0, 0.05) is 27.1 Å². The first-order chi connectivity index (χ1) is 8.21. The zero-order valence-corrected chi connectivity index (χ0v) is 12.1. The Hall–Kier alpha value is -0.0800. The first-order valence-electron chi connectivity index (χ1n) is 7.31. The lowest BCUT2D eigenvalue weighted by molar-refractivity contribution is -0.204. The quantitative estimate of drug-likeness (QED) is 0.588. The summed E-state index contributed by atoms with van der Waals surface area (Å²) in [6.07, 6.45) is 10.2. The molecule has 2 unspecified atom stereocenters. The van der Waals surface area contributed by atoms with Crippen LogP contribution >= 0.6 is 0 Å². The lowest BCUT2D eigenvalue weighted by atomic mass is 9.87. The molecule has 2 heteroatoms. The maximum Gasteiger partial charge on any atom is 0.168 e. The zero-order chi connectivity index (χ0) is 12.7. The van der Waals surface area contributed by atoms with Gasteiger partial charge in [0.1, 0.15) is 0 Å². The van der Waals surface area contributed by atoms with E-state index in [9.17, 15) is 0 Å². The van der Waals surface area contributed by atoms with Crippen LogP contribution in [0.1, 0.15) is 65.2 Å². The Bertz CT molecular complexity index is 181. The minimum atomic E-state index is -0.281. The van der Waals surface area contributed by atoms with Gasteiger partial charge in [-0.15, -0.1) is 0 Å². The van der Waals surface area contributed by atoms with Crippen LogP contribution in [0.2, 0.25) is 0 Å². The highest BCUT2D eigenvalue weighted by molar-refractivity contribution is 4.89. The molecule has 0 aromatic heterocycles. The van der Waals surface area contributed by atoms with Crippen molar-refractivity contribution in [2.45, 2.75) is 71.0 Å². The minimum absolute atomic E-state index is 0.281. The van der Waals surface area contributed by atoms with Crippen molar-refractivity contribution in [2.75, 3.05) is 14.2 Å². The Morgan fingerprint density at radius 1 is 0.882 bits per heavy atom. The summed E-state index contributed by atoms with van der Waals surface area (Å²) in [5, 5.41) is 0. The molecule has 0 bridgehead atoms. The van der Waals surface area contributed by atoms with Crippen molar-refractivity contribution in [2.24, 2.45) is 11.8 Å². The van der Waals surface area contributed by atoms with Crippen LogP contribution in [0.25, 0.3) is 0 Å². The van der Waals surface area contributed by atoms with E-state index in [0.717, 1.165) is 24.7 Å². The normalized spacial score (nSPS) is 27.5. The Morgan fingerprint density at radius 3 is 1.59 bits per heavy atom. The van der Waals surface area contributed by atoms with Crippen molar-refractivity contribution in [3.05, 3.63) is 0 Å². The Morgan fingerprint density at radius 2 is 1.29 bits per heavy atom. The van der Waals surface area contributed by atoms with E-state index in [1.165, 1.54) is 38.5 Å². The molecule has 0 N–H and O–H groups in total. The number of methoxy groups -OCH3 is 2. The van der Waals surface area contributed by atoms with E-state index in [2.05, 4.69) is 13.8 Å². The molecule has 1 aliphatic carbocycles. The average molecular weight is 242 g/mol. The number of ether oxygens (including phenoxy) is 2. The molecule has 0 aromatic rings. The lowest BCUT2D eigenvalue weighted by Gasteiger charge is -2.26. The van der Waals surface area contributed by atoms with Crippen LogP contribution in [0, 0.1) is 11.8 Å². The minimum Gasteiger partial charge on any atom is -0.353 e. The maximum absolute atomic E-state index is 5.65. The predicted molar refractivity (Wildman–Crippen MR) is 72.0 cm³/mol. The third kappa shape index (κ3) is 3.96. The van der Waals surface area contributed by atoms with Gasteiger partial charge >= 0.3 is 0 Å². The molecule has 0 radical (unpaired) electrons. The van der Waals surface area contributed by atoms with Crippen molar-refractivity contribution < 1.29 is 9.47 Å². The number of hydrogen-bond donors (Lipinski definition) is 0. The SMILES string of the molecule is CCCCC1CC(OC)(OC)CC1CCCC. The van der Waals surface area contributed by atoms with Crippen LogP contribution in [-0.2, 0) is 9.47 Å². The summed E-state index contributed by atoms with van der Waals surface area (Å²) in [6, 6.07) is 0. The summed E-state index contributed by atoms with van der Waals surface area (Å²) in [7, 11) is 3.59. The van der Waals surface area contributed by atoms with Crippen LogP contribution in [0.15, 0.2) is 0 Å². The third-order valence-electron chi connectivity index (χ3n) is 4.41. The smallest absolute Gasteiger partial charge is 0.168 e. The lowest BCUT2D eigenvalue weighted by Crippen LogP contribution is -2.30. The first-order valence-corrected chi connectivity index (χ1v) is 7.31. The van der Waals surface area contributed by atoms with Crippen molar-refractivity contribution in [3.8, 4) is 0 Å². The molecular formula is C15H30O2. The molecule has 2 nitrogen and oxygen atoms in total. The molecule has 1 rings (SSSR count). The molecule has 0 aromatic carbocycles. The second kappa shape index (κ2) is 7.38. The fourth-order valence-electron chi connectivity index (χ4n) is 3.24. The van der Waals surface area contributed by atoms with Gasteiger partial charge in [0.15, 0.2) is 5.79 Å². The fraction of sp³-hybridized carbons (Fsp3) is 1.00. The van der Waals surface area contributed by atoms with E-state index >= 15 is 0 Å². The van der Waals surface area contributed by atoms with E-state index < -0.39 is 0 Å². The van der Waals surface area contributed by atoms with Gasteiger partial charge in [0.25, 0.3) is 0 Å². The summed E-state index contributed by atoms with van der Waals surface area (Å²) >= 11 is 0. The monoisotopic (exact) mass is 242 g/mol. The molecule has 2 atom stereocenters. The summed E-state index contributed by atoms with van der Waals surface area (Å²) < 4.78 is 11.3. The van der Waals surface area contributed by atoms with Crippen molar-refractivity contribution in [1.82, 2.24) is 0 Å². The first kappa shape index (κ1) is 15.0. The van der Waals surface area contributed by atoms with Crippen LogP contribution in [0.3, 0.4) is 0 Å². The van der Waals surface area contributed by atoms with Crippen molar-refractivity contribution in [3.63, 3.8) is 0 Å². The second-order valence-electron chi connectivity index (χ2n) is 5.53. The predicted octanol–water partition coefficient (Wildman–Crippen LogP) is 4.38. The van der Waals surface area contributed by atoms with Crippen molar-refractivity contribution in [1.29, 1.82) is 0 Å². The molecule has 1 aliphatic rings. The summed E-state index contributed by atoms with van der Waals surface area (Å²) in [4.78, 5) is 0. The van der Waals surface area contributed by atoms with E-state index in [1.54, 1.807) is 14.2 Å². The van der Waals surface area contributed by atoms with E-state index in [0.29, 0.717) is 0 Å². The van der Waals surface area contributed by atoms with Gasteiger partial charge in [-0.05, 0) is 24.7 Å². The molecule has 17 heavy (non-hydrogen) atoms. The van der Waals surface area contributed by atoms with E-state index in [4.69, 9.17) is 9.47 Å². The molecule has 0 saturated heterocycles.